The zero-order valence-corrected chi connectivity index (χ0v) is 12.2. The SMILES string of the molecule is O=c1[nH]cccc1-c1cccc(-c2nc(Cl)ncc2Cl)c1. The normalized spacial score (nSPS) is 10.6. The van der Waals surface area contributed by atoms with E-state index < -0.39 is 0 Å². The number of rotatable bonds is 2. The molecule has 0 spiro atoms. The Hall–Kier alpha value is -2.17. The van der Waals surface area contributed by atoms with Gasteiger partial charge in [-0.05, 0) is 35.4 Å². The zero-order valence-electron chi connectivity index (χ0n) is 10.7. The molecular formula is C15H9Cl2N3O. The molecule has 0 saturated heterocycles. The zero-order chi connectivity index (χ0) is 14.8. The minimum atomic E-state index is -0.151. The maximum Gasteiger partial charge on any atom is 0.255 e. The summed E-state index contributed by atoms with van der Waals surface area (Å²) in [5.74, 6) is 0. The van der Waals surface area contributed by atoms with Crippen LogP contribution < -0.4 is 5.56 Å². The largest absolute Gasteiger partial charge is 0.329 e. The molecule has 0 aliphatic heterocycles. The predicted octanol–water partition coefficient (Wildman–Crippen LogP) is 3.81. The highest BCUT2D eigenvalue weighted by Gasteiger charge is 2.09. The second kappa shape index (κ2) is 5.68. The first-order valence-electron chi connectivity index (χ1n) is 6.12. The molecule has 0 aliphatic rings. The van der Waals surface area contributed by atoms with Gasteiger partial charge in [-0.2, -0.15) is 0 Å². The lowest BCUT2D eigenvalue weighted by Crippen LogP contribution is -2.06. The lowest BCUT2D eigenvalue weighted by atomic mass is 10.0. The van der Waals surface area contributed by atoms with E-state index in [1.54, 1.807) is 18.3 Å². The molecule has 0 amide bonds. The van der Waals surface area contributed by atoms with Gasteiger partial charge in [0, 0.05) is 17.3 Å². The molecule has 4 nitrogen and oxygen atoms in total. The minimum Gasteiger partial charge on any atom is -0.329 e. The molecule has 3 aromatic rings. The minimum absolute atomic E-state index is 0.123. The van der Waals surface area contributed by atoms with Crippen LogP contribution in [0.15, 0.2) is 53.6 Å². The molecule has 0 unspecified atom stereocenters. The molecule has 2 heterocycles. The fourth-order valence-electron chi connectivity index (χ4n) is 2.03. The van der Waals surface area contributed by atoms with Gasteiger partial charge < -0.3 is 4.98 Å². The number of nitrogens with zero attached hydrogens (tertiary/aromatic N) is 2. The van der Waals surface area contributed by atoms with Crippen LogP contribution in [-0.4, -0.2) is 15.0 Å². The molecule has 1 aromatic carbocycles. The Labute approximate surface area is 130 Å². The molecule has 0 aliphatic carbocycles. The summed E-state index contributed by atoms with van der Waals surface area (Å²) in [6, 6.07) is 10.9. The van der Waals surface area contributed by atoms with Gasteiger partial charge in [0.2, 0.25) is 5.28 Å². The molecule has 104 valence electrons. The summed E-state index contributed by atoms with van der Waals surface area (Å²) in [4.78, 5) is 22.5. The van der Waals surface area contributed by atoms with Gasteiger partial charge in [0.25, 0.3) is 5.56 Å². The van der Waals surface area contributed by atoms with Crippen molar-refractivity contribution >= 4 is 23.2 Å². The lowest BCUT2D eigenvalue weighted by molar-refractivity contribution is 1.17. The van der Waals surface area contributed by atoms with Gasteiger partial charge in [-0.25, -0.2) is 9.97 Å². The first-order chi connectivity index (χ1) is 10.1. The van der Waals surface area contributed by atoms with Gasteiger partial charge in [-0.15, -0.1) is 0 Å². The van der Waals surface area contributed by atoms with Crippen molar-refractivity contribution in [1.82, 2.24) is 15.0 Å². The Morgan fingerprint density at radius 1 is 1.05 bits per heavy atom. The average Bonchev–Trinajstić information content (AvgIpc) is 2.50. The van der Waals surface area contributed by atoms with Crippen LogP contribution in [0.3, 0.4) is 0 Å². The van der Waals surface area contributed by atoms with E-state index in [4.69, 9.17) is 23.2 Å². The second-order valence-corrected chi connectivity index (χ2v) is 5.07. The summed E-state index contributed by atoms with van der Waals surface area (Å²) in [6.45, 7) is 0. The third kappa shape index (κ3) is 2.82. The summed E-state index contributed by atoms with van der Waals surface area (Å²) in [5.41, 5.74) is 2.51. The molecule has 0 bridgehead atoms. The van der Waals surface area contributed by atoms with E-state index in [1.807, 2.05) is 24.3 Å². The standard InChI is InChI=1S/C15H9Cl2N3O/c16-12-8-19-15(17)20-13(12)10-4-1-3-9(7-10)11-5-2-6-18-14(11)21/h1-8H,(H,18,21). The maximum atomic E-state index is 11.9. The summed E-state index contributed by atoms with van der Waals surface area (Å²) < 4.78 is 0. The van der Waals surface area contributed by atoms with E-state index in [0.717, 1.165) is 11.1 Å². The van der Waals surface area contributed by atoms with Crippen molar-refractivity contribution in [3.63, 3.8) is 0 Å². The van der Waals surface area contributed by atoms with Crippen molar-refractivity contribution in [3.05, 3.63) is 69.5 Å². The lowest BCUT2D eigenvalue weighted by Gasteiger charge is -2.06. The van der Waals surface area contributed by atoms with E-state index >= 15 is 0 Å². The van der Waals surface area contributed by atoms with Gasteiger partial charge in [0.1, 0.15) is 0 Å². The quantitative estimate of drug-likeness (QED) is 0.731. The molecule has 21 heavy (non-hydrogen) atoms. The fourth-order valence-corrected chi connectivity index (χ4v) is 2.36. The van der Waals surface area contributed by atoms with E-state index in [0.29, 0.717) is 16.3 Å². The van der Waals surface area contributed by atoms with E-state index in [-0.39, 0.29) is 10.8 Å². The maximum absolute atomic E-state index is 11.9. The first-order valence-corrected chi connectivity index (χ1v) is 6.87. The van der Waals surface area contributed by atoms with Gasteiger partial charge in [0.15, 0.2) is 0 Å². The molecule has 0 atom stereocenters. The summed E-state index contributed by atoms with van der Waals surface area (Å²) in [6.07, 6.45) is 3.05. The number of H-pyrrole nitrogens is 1. The number of aromatic amines is 1. The highest BCUT2D eigenvalue weighted by atomic mass is 35.5. The molecule has 0 fully saturated rings. The van der Waals surface area contributed by atoms with Crippen LogP contribution in [-0.2, 0) is 0 Å². The third-order valence-electron chi connectivity index (χ3n) is 2.98. The Kier molecular flexibility index (Phi) is 3.73. The number of aromatic nitrogens is 3. The Balaban J connectivity index is 2.15. The van der Waals surface area contributed by atoms with E-state index in [9.17, 15) is 4.79 Å². The van der Waals surface area contributed by atoms with Crippen molar-refractivity contribution < 1.29 is 0 Å². The van der Waals surface area contributed by atoms with Gasteiger partial charge in [0.05, 0.1) is 16.9 Å². The smallest absolute Gasteiger partial charge is 0.255 e. The Bertz CT molecular complexity index is 861. The molecule has 0 radical (unpaired) electrons. The van der Waals surface area contributed by atoms with Crippen LogP contribution >= 0.6 is 23.2 Å². The van der Waals surface area contributed by atoms with Crippen molar-refractivity contribution in [3.8, 4) is 22.4 Å². The summed E-state index contributed by atoms with van der Waals surface area (Å²) >= 11 is 11.9. The number of nitrogens with one attached hydrogen (secondary N) is 1. The highest BCUT2D eigenvalue weighted by Crippen LogP contribution is 2.28. The van der Waals surface area contributed by atoms with Crippen LogP contribution in [0.1, 0.15) is 0 Å². The van der Waals surface area contributed by atoms with Crippen molar-refractivity contribution in [2.24, 2.45) is 0 Å². The van der Waals surface area contributed by atoms with Gasteiger partial charge >= 0.3 is 0 Å². The van der Waals surface area contributed by atoms with Crippen LogP contribution in [0.25, 0.3) is 22.4 Å². The molecular weight excluding hydrogens is 309 g/mol. The number of halogens is 2. The predicted molar refractivity (Wildman–Crippen MR) is 83.5 cm³/mol. The van der Waals surface area contributed by atoms with Crippen molar-refractivity contribution in [1.29, 1.82) is 0 Å². The second-order valence-electron chi connectivity index (χ2n) is 4.33. The highest BCUT2D eigenvalue weighted by molar-refractivity contribution is 6.33. The summed E-state index contributed by atoms with van der Waals surface area (Å²) in [7, 11) is 0. The number of hydrogen-bond acceptors (Lipinski definition) is 3. The van der Waals surface area contributed by atoms with Gasteiger partial charge in [-0.3, -0.25) is 4.79 Å². The molecule has 1 N–H and O–H groups in total. The van der Waals surface area contributed by atoms with Crippen molar-refractivity contribution in [2.75, 3.05) is 0 Å². The van der Waals surface area contributed by atoms with Crippen LogP contribution in [0.4, 0.5) is 0 Å². The number of hydrogen-bond donors (Lipinski definition) is 1. The number of pyridine rings is 1. The van der Waals surface area contributed by atoms with Crippen LogP contribution in [0.5, 0.6) is 0 Å². The molecule has 3 rings (SSSR count). The molecule has 6 heteroatoms. The molecule has 0 saturated carbocycles. The van der Waals surface area contributed by atoms with Crippen LogP contribution in [0, 0.1) is 0 Å². The Morgan fingerprint density at radius 3 is 2.67 bits per heavy atom. The average molecular weight is 318 g/mol. The fraction of sp³-hybridized carbons (Fsp3) is 0. The first kappa shape index (κ1) is 13.8. The van der Waals surface area contributed by atoms with E-state index in [1.165, 1.54) is 6.20 Å². The number of benzene rings is 1. The molecule has 2 aromatic heterocycles. The van der Waals surface area contributed by atoms with Crippen molar-refractivity contribution in [2.45, 2.75) is 0 Å². The topological polar surface area (TPSA) is 58.6 Å². The van der Waals surface area contributed by atoms with E-state index in [2.05, 4.69) is 15.0 Å². The monoisotopic (exact) mass is 317 g/mol. The third-order valence-corrected chi connectivity index (χ3v) is 3.44. The van der Waals surface area contributed by atoms with Crippen LogP contribution in [0.2, 0.25) is 10.3 Å². The van der Waals surface area contributed by atoms with Gasteiger partial charge in [-0.1, -0.05) is 29.8 Å². The Morgan fingerprint density at radius 2 is 1.86 bits per heavy atom. The summed E-state index contributed by atoms with van der Waals surface area (Å²) in [5, 5.41) is 0.524.